The molecule has 0 radical (unpaired) electrons. The maximum absolute atomic E-state index is 9.70. The van der Waals surface area contributed by atoms with Gasteiger partial charge < -0.3 is 9.97 Å². The van der Waals surface area contributed by atoms with Gasteiger partial charge in [0.2, 0.25) is 0 Å². The van der Waals surface area contributed by atoms with Crippen LogP contribution in [-0.4, -0.2) is 15.0 Å². The van der Waals surface area contributed by atoms with Crippen LogP contribution in [0.2, 0.25) is 0 Å². The second kappa shape index (κ2) is 6.20. The summed E-state index contributed by atoms with van der Waals surface area (Å²) in [6, 6.07) is 12.7. The zero-order chi connectivity index (χ0) is 18.3. The van der Waals surface area contributed by atoms with E-state index in [4.69, 9.17) is 0 Å². The van der Waals surface area contributed by atoms with Crippen molar-refractivity contribution in [1.29, 1.82) is 5.26 Å². The number of aryl methyl sites for hydroxylation is 3. The normalized spacial score (nSPS) is 12.0. The fourth-order valence-electron chi connectivity index (χ4n) is 3.36. The average Bonchev–Trinajstić information content (AvgIpc) is 3.23. The van der Waals surface area contributed by atoms with Crippen LogP contribution in [-0.2, 0) is 6.42 Å². The molecule has 0 aliphatic carbocycles. The monoisotopic (exact) mass is 340 g/mol. The molecule has 4 aromatic rings. The molecule has 4 rings (SSSR count). The lowest BCUT2D eigenvalue weighted by Crippen LogP contribution is -1.85. The van der Waals surface area contributed by atoms with Crippen molar-refractivity contribution in [3.63, 3.8) is 0 Å². The number of allylic oxidation sites excluding steroid dienone is 1. The number of aromatic amines is 2. The molecule has 4 heteroatoms. The highest BCUT2D eigenvalue weighted by Gasteiger charge is 2.11. The molecule has 0 aliphatic rings. The molecule has 0 unspecified atom stereocenters. The van der Waals surface area contributed by atoms with Gasteiger partial charge in [0.25, 0.3) is 0 Å². The largest absolute Gasteiger partial charge is 0.360 e. The van der Waals surface area contributed by atoms with E-state index in [1.807, 2.05) is 12.3 Å². The second-order valence-corrected chi connectivity index (χ2v) is 6.65. The standard InChI is InChI=1S/C22H20N4/c1-4-15-6-5-7-18-17(12-24-21(15)18)10-16(11-23)22-25-19-8-13(2)14(3)9-20(19)26-22/h5-10,12,24H,4H2,1-3H3,(H,25,26)/b16-10-. The van der Waals surface area contributed by atoms with E-state index in [9.17, 15) is 5.26 Å². The third-order valence-corrected chi connectivity index (χ3v) is 4.99. The van der Waals surface area contributed by atoms with Crippen molar-refractivity contribution >= 4 is 33.6 Å². The fourth-order valence-corrected chi connectivity index (χ4v) is 3.36. The van der Waals surface area contributed by atoms with Crippen molar-refractivity contribution < 1.29 is 0 Å². The van der Waals surface area contributed by atoms with Crippen LogP contribution in [0.1, 0.15) is 35.0 Å². The van der Waals surface area contributed by atoms with Crippen LogP contribution in [0.5, 0.6) is 0 Å². The van der Waals surface area contributed by atoms with E-state index in [2.05, 4.69) is 72.1 Å². The quantitative estimate of drug-likeness (QED) is 0.498. The molecule has 0 fully saturated rings. The first kappa shape index (κ1) is 16.2. The number of aromatic nitrogens is 3. The first-order valence-electron chi connectivity index (χ1n) is 8.78. The molecule has 0 spiro atoms. The van der Waals surface area contributed by atoms with Crippen LogP contribution in [0.25, 0.3) is 33.6 Å². The molecule has 0 saturated carbocycles. The highest BCUT2D eigenvalue weighted by Crippen LogP contribution is 2.27. The molecule has 2 heterocycles. The molecule has 2 aromatic carbocycles. The SMILES string of the molecule is CCc1cccc2c(/C=C(/C#N)c3nc4cc(C)c(C)cc4[nH]3)c[nH]c12. The number of hydrogen-bond acceptors (Lipinski definition) is 2. The second-order valence-electron chi connectivity index (χ2n) is 6.65. The summed E-state index contributed by atoms with van der Waals surface area (Å²) in [5.74, 6) is 0.605. The summed E-state index contributed by atoms with van der Waals surface area (Å²) in [6.45, 7) is 6.29. The van der Waals surface area contributed by atoms with Crippen molar-refractivity contribution in [1.82, 2.24) is 15.0 Å². The molecule has 0 atom stereocenters. The minimum Gasteiger partial charge on any atom is -0.360 e. The molecular formula is C22H20N4. The Labute approximate surface area is 152 Å². The summed E-state index contributed by atoms with van der Waals surface area (Å²) >= 11 is 0. The van der Waals surface area contributed by atoms with Gasteiger partial charge in [-0.25, -0.2) is 4.98 Å². The van der Waals surface area contributed by atoms with Gasteiger partial charge >= 0.3 is 0 Å². The van der Waals surface area contributed by atoms with Crippen LogP contribution in [0, 0.1) is 25.2 Å². The van der Waals surface area contributed by atoms with Gasteiger partial charge in [-0.15, -0.1) is 0 Å². The highest BCUT2D eigenvalue weighted by molar-refractivity contribution is 5.98. The van der Waals surface area contributed by atoms with E-state index in [1.165, 1.54) is 16.7 Å². The van der Waals surface area contributed by atoms with E-state index in [-0.39, 0.29) is 0 Å². The molecule has 128 valence electrons. The smallest absolute Gasteiger partial charge is 0.149 e. The lowest BCUT2D eigenvalue weighted by atomic mass is 10.1. The molecule has 0 amide bonds. The van der Waals surface area contributed by atoms with Crippen LogP contribution in [0.4, 0.5) is 0 Å². The lowest BCUT2D eigenvalue weighted by molar-refractivity contribution is 1.15. The zero-order valence-corrected chi connectivity index (χ0v) is 15.1. The van der Waals surface area contributed by atoms with E-state index >= 15 is 0 Å². The number of nitrogens with zero attached hydrogens (tertiary/aromatic N) is 2. The topological polar surface area (TPSA) is 68.3 Å². The number of para-hydroxylation sites is 1. The van der Waals surface area contributed by atoms with E-state index in [1.54, 1.807) is 0 Å². The Morgan fingerprint density at radius 1 is 1.23 bits per heavy atom. The fraction of sp³-hybridized carbons (Fsp3) is 0.182. The highest BCUT2D eigenvalue weighted by atomic mass is 14.9. The van der Waals surface area contributed by atoms with Crippen molar-refractivity contribution in [2.24, 2.45) is 0 Å². The predicted octanol–water partition coefficient (Wildman–Crippen LogP) is 5.29. The van der Waals surface area contributed by atoms with Gasteiger partial charge in [-0.3, -0.25) is 0 Å². The molecule has 2 aromatic heterocycles. The summed E-state index contributed by atoms with van der Waals surface area (Å²) in [6.07, 6.45) is 4.82. The Morgan fingerprint density at radius 2 is 2.04 bits per heavy atom. The minimum atomic E-state index is 0.527. The molecular weight excluding hydrogens is 320 g/mol. The number of nitrogens with one attached hydrogen (secondary N) is 2. The zero-order valence-electron chi connectivity index (χ0n) is 15.1. The third kappa shape index (κ3) is 2.58. The molecule has 0 aliphatic heterocycles. The molecule has 2 N–H and O–H groups in total. The van der Waals surface area contributed by atoms with Gasteiger partial charge in [0.15, 0.2) is 0 Å². The number of imidazole rings is 1. The van der Waals surface area contributed by atoms with Crippen molar-refractivity contribution in [3.05, 3.63) is 64.6 Å². The van der Waals surface area contributed by atoms with Crippen molar-refractivity contribution in [2.75, 3.05) is 0 Å². The molecule has 26 heavy (non-hydrogen) atoms. The van der Waals surface area contributed by atoms with Crippen LogP contribution >= 0.6 is 0 Å². The number of fused-ring (bicyclic) bond motifs is 2. The van der Waals surface area contributed by atoms with Crippen LogP contribution < -0.4 is 0 Å². The number of H-pyrrole nitrogens is 2. The number of rotatable bonds is 3. The van der Waals surface area contributed by atoms with Gasteiger partial charge in [-0.05, 0) is 55.2 Å². The maximum atomic E-state index is 9.70. The summed E-state index contributed by atoms with van der Waals surface area (Å²) < 4.78 is 0. The van der Waals surface area contributed by atoms with Gasteiger partial charge in [-0.1, -0.05) is 25.1 Å². The van der Waals surface area contributed by atoms with E-state index in [0.29, 0.717) is 11.4 Å². The Morgan fingerprint density at radius 3 is 2.81 bits per heavy atom. The van der Waals surface area contributed by atoms with E-state index < -0.39 is 0 Å². The number of hydrogen-bond donors (Lipinski definition) is 2. The summed E-state index contributed by atoms with van der Waals surface area (Å²) in [5.41, 5.74) is 8.18. The molecule has 0 bridgehead atoms. The minimum absolute atomic E-state index is 0.527. The summed E-state index contributed by atoms with van der Waals surface area (Å²) in [4.78, 5) is 11.3. The van der Waals surface area contributed by atoms with Crippen LogP contribution in [0.15, 0.2) is 36.5 Å². The molecule has 0 saturated heterocycles. The first-order valence-corrected chi connectivity index (χ1v) is 8.78. The summed E-state index contributed by atoms with van der Waals surface area (Å²) in [7, 11) is 0. The van der Waals surface area contributed by atoms with Gasteiger partial charge in [0, 0.05) is 22.7 Å². The number of nitriles is 1. The van der Waals surface area contributed by atoms with Gasteiger partial charge in [0.1, 0.15) is 11.9 Å². The summed E-state index contributed by atoms with van der Waals surface area (Å²) in [5, 5.41) is 10.8. The first-order chi connectivity index (χ1) is 12.6. The Balaban J connectivity index is 1.84. The maximum Gasteiger partial charge on any atom is 0.149 e. The Hall–Kier alpha value is -3.32. The average molecular weight is 340 g/mol. The van der Waals surface area contributed by atoms with Crippen molar-refractivity contribution in [2.45, 2.75) is 27.2 Å². The number of benzene rings is 2. The predicted molar refractivity (Wildman–Crippen MR) is 107 cm³/mol. The van der Waals surface area contributed by atoms with Crippen molar-refractivity contribution in [3.8, 4) is 6.07 Å². The lowest BCUT2D eigenvalue weighted by Gasteiger charge is -1.99. The Bertz CT molecular complexity index is 1160. The van der Waals surface area contributed by atoms with Crippen LogP contribution in [0.3, 0.4) is 0 Å². The molecule has 4 nitrogen and oxygen atoms in total. The Kier molecular flexibility index (Phi) is 3.85. The van der Waals surface area contributed by atoms with E-state index in [0.717, 1.165) is 33.9 Å². The third-order valence-electron chi connectivity index (χ3n) is 4.99. The van der Waals surface area contributed by atoms with Gasteiger partial charge in [0.05, 0.1) is 16.6 Å². The van der Waals surface area contributed by atoms with Gasteiger partial charge in [-0.2, -0.15) is 5.26 Å².